The number of rotatable bonds is 9. The molecule has 1 heterocycles. The monoisotopic (exact) mass is 425 g/mol. The van der Waals surface area contributed by atoms with Crippen LogP contribution in [0.25, 0.3) is 6.08 Å². The summed E-state index contributed by atoms with van der Waals surface area (Å²) in [5.41, 5.74) is 1.42. The molecule has 0 aliphatic carbocycles. The van der Waals surface area contributed by atoms with Crippen LogP contribution >= 0.6 is 0 Å². The maximum atomic E-state index is 13.5. The number of hydrogen-bond donors (Lipinski definition) is 0. The van der Waals surface area contributed by atoms with E-state index in [0.717, 1.165) is 18.2 Å². The highest BCUT2D eigenvalue weighted by Crippen LogP contribution is 2.30. The van der Waals surface area contributed by atoms with Gasteiger partial charge in [-0.3, -0.25) is 19.6 Å². The number of ether oxygens (including phenoxy) is 2. The Hall–Kier alpha value is -4.01. The Bertz CT molecular complexity index is 1140. The average Bonchev–Trinajstić information content (AvgIpc) is 3.25. The van der Waals surface area contributed by atoms with Gasteiger partial charge in [-0.05, 0) is 42.8 Å². The average molecular weight is 425 g/mol. The van der Waals surface area contributed by atoms with Crippen LogP contribution in [-0.4, -0.2) is 27.6 Å². The first-order valence-electron chi connectivity index (χ1n) is 9.40. The Kier molecular flexibility index (Phi) is 6.76. The predicted molar refractivity (Wildman–Crippen MR) is 112 cm³/mol. The molecule has 3 rings (SSSR count). The summed E-state index contributed by atoms with van der Waals surface area (Å²) in [6, 6.07) is 9.84. The number of aryl methyl sites for hydroxylation is 1. The van der Waals surface area contributed by atoms with Crippen LogP contribution in [0.2, 0.25) is 0 Å². The summed E-state index contributed by atoms with van der Waals surface area (Å²) in [5, 5.41) is 15.2. The van der Waals surface area contributed by atoms with Crippen LogP contribution in [0.1, 0.15) is 28.5 Å². The number of nitro benzene ring substituents is 1. The molecule has 160 valence electrons. The molecule has 0 N–H and O–H groups in total. The van der Waals surface area contributed by atoms with Gasteiger partial charge < -0.3 is 9.47 Å². The maximum Gasteiger partial charge on any atom is 0.311 e. The molecule has 9 heteroatoms. The van der Waals surface area contributed by atoms with Crippen molar-refractivity contribution < 1.29 is 23.6 Å². The van der Waals surface area contributed by atoms with Gasteiger partial charge in [0.15, 0.2) is 5.75 Å². The van der Waals surface area contributed by atoms with Crippen molar-refractivity contribution in [1.29, 1.82) is 0 Å². The number of carbonyl (C=O) groups is 1. The van der Waals surface area contributed by atoms with Crippen LogP contribution in [-0.2, 0) is 13.2 Å². The van der Waals surface area contributed by atoms with E-state index in [4.69, 9.17) is 9.47 Å². The Morgan fingerprint density at radius 3 is 2.74 bits per heavy atom. The molecule has 0 aliphatic rings. The van der Waals surface area contributed by atoms with Crippen LogP contribution in [0.4, 0.5) is 10.1 Å². The largest absolute Gasteiger partial charge is 0.496 e. The van der Waals surface area contributed by atoms with Gasteiger partial charge in [0, 0.05) is 30.4 Å². The molecule has 0 spiro atoms. The molecule has 0 aliphatic heterocycles. The molecule has 0 fully saturated rings. The van der Waals surface area contributed by atoms with Crippen molar-refractivity contribution in [3.8, 4) is 11.5 Å². The van der Waals surface area contributed by atoms with Crippen molar-refractivity contribution in [2.75, 3.05) is 7.11 Å². The number of nitro groups is 1. The van der Waals surface area contributed by atoms with Gasteiger partial charge in [0.05, 0.1) is 12.0 Å². The number of nitrogens with zero attached hydrogens (tertiary/aromatic N) is 3. The SMILES string of the molecule is CCn1nccc1C(=O)/C=C/c1ccc(OC)c(COc2cc(F)ccc2[N+](=O)[O-])c1. The van der Waals surface area contributed by atoms with Crippen molar-refractivity contribution in [2.24, 2.45) is 0 Å². The van der Waals surface area contributed by atoms with Crippen molar-refractivity contribution in [2.45, 2.75) is 20.1 Å². The molecule has 0 bridgehead atoms. The Labute approximate surface area is 177 Å². The minimum absolute atomic E-state index is 0.0916. The van der Waals surface area contributed by atoms with Crippen LogP contribution in [0.15, 0.2) is 54.7 Å². The van der Waals surface area contributed by atoms with E-state index < -0.39 is 10.7 Å². The molecule has 0 unspecified atom stereocenters. The van der Waals surface area contributed by atoms with E-state index in [9.17, 15) is 19.3 Å². The zero-order valence-corrected chi connectivity index (χ0v) is 16.9. The number of allylic oxidation sites excluding steroid dienone is 1. The van der Waals surface area contributed by atoms with Crippen LogP contribution < -0.4 is 9.47 Å². The van der Waals surface area contributed by atoms with Crippen molar-refractivity contribution >= 4 is 17.5 Å². The van der Waals surface area contributed by atoms with E-state index >= 15 is 0 Å². The number of benzene rings is 2. The normalized spacial score (nSPS) is 10.9. The molecule has 2 aromatic carbocycles. The maximum absolute atomic E-state index is 13.5. The molecule has 0 saturated heterocycles. The number of methoxy groups -OCH3 is 1. The molecular formula is C22H20FN3O5. The highest BCUT2D eigenvalue weighted by Gasteiger charge is 2.17. The van der Waals surface area contributed by atoms with E-state index in [1.165, 1.54) is 13.2 Å². The van der Waals surface area contributed by atoms with E-state index in [1.807, 2.05) is 6.92 Å². The second kappa shape index (κ2) is 9.66. The molecular weight excluding hydrogens is 405 g/mol. The lowest BCUT2D eigenvalue weighted by atomic mass is 10.1. The fourth-order valence-electron chi connectivity index (χ4n) is 2.98. The standard InChI is InChI=1S/C22H20FN3O5/c1-3-25-18(10-11-24-25)20(27)8-4-15-5-9-21(30-2)16(12-15)14-31-22-13-17(23)6-7-19(22)26(28)29/h4-13H,3,14H2,1-2H3/b8-4+. The van der Waals surface area contributed by atoms with Gasteiger partial charge in [-0.15, -0.1) is 0 Å². The Morgan fingerprint density at radius 2 is 2.03 bits per heavy atom. The Morgan fingerprint density at radius 1 is 1.23 bits per heavy atom. The predicted octanol–water partition coefficient (Wildman–Crippen LogP) is 4.43. The third kappa shape index (κ3) is 5.13. The van der Waals surface area contributed by atoms with E-state index in [0.29, 0.717) is 29.1 Å². The highest BCUT2D eigenvalue weighted by molar-refractivity contribution is 6.05. The summed E-state index contributed by atoms with van der Waals surface area (Å²) >= 11 is 0. The van der Waals surface area contributed by atoms with E-state index in [2.05, 4.69) is 5.10 Å². The van der Waals surface area contributed by atoms with Gasteiger partial charge >= 0.3 is 5.69 Å². The number of ketones is 1. The van der Waals surface area contributed by atoms with Gasteiger partial charge in [-0.1, -0.05) is 12.1 Å². The minimum Gasteiger partial charge on any atom is -0.496 e. The lowest BCUT2D eigenvalue weighted by molar-refractivity contribution is -0.386. The third-order valence-corrected chi connectivity index (χ3v) is 4.50. The van der Waals surface area contributed by atoms with E-state index in [1.54, 1.807) is 41.2 Å². The molecule has 0 amide bonds. The molecule has 31 heavy (non-hydrogen) atoms. The fourth-order valence-corrected chi connectivity index (χ4v) is 2.98. The number of carbonyl (C=O) groups excluding carboxylic acids is 1. The summed E-state index contributed by atoms with van der Waals surface area (Å²) < 4.78 is 25.9. The smallest absolute Gasteiger partial charge is 0.311 e. The Balaban J connectivity index is 1.81. The van der Waals surface area contributed by atoms with Gasteiger partial charge in [0.25, 0.3) is 0 Å². The highest BCUT2D eigenvalue weighted by atomic mass is 19.1. The lowest BCUT2D eigenvalue weighted by Gasteiger charge is -2.11. The zero-order chi connectivity index (χ0) is 22.4. The van der Waals surface area contributed by atoms with E-state index in [-0.39, 0.29) is 23.8 Å². The first kappa shape index (κ1) is 21.7. The quantitative estimate of drug-likeness (QED) is 0.218. The summed E-state index contributed by atoms with van der Waals surface area (Å²) in [7, 11) is 1.48. The second-order valence-corrected chi connectivity index (χ2v) is 6.46. The van der Waals surface area contributed by atoms with Gasteiger partial charge in [-0.25, -0.2) is 4.39 Å². The van der Waals surface area contributed by atoms with Crippen LogP contribution in [0.5, 0.6) is 11.5 Å². The summed E-state index contributed by atoms with van der Waals surface area (Å²) in [5.74, 6) is -0.528. The topological polar surface area (TPSA) is 96.5 Å². The van der Waals surface area contributed by atoms with Crippen LogP contribution in [0.3, 0.4) is 0 Å². The van der Waals surface area contributed by atoms with Gasteiger partial charge in [0.2, 0.25) is 5.78 Å². The third-order valence-electron chi connectivity index (χ3n) is 4.50. The number of hydrogen-bond acceptors (Lipinski definition) is 6. The zero-order valence-electron chi connectivity index (χ0n) is 16.9. The molecule has 1 aromatic heterocycles. The van der Waals surface area contributed by atoms with Crippen molar-refractivity contribution in [3.63, 3.8) is 0 Å². The van der Waals surface area contributed by atoms with Crippen LogP contribution in [0, 0.1) is 15.9 Å². The summed E-state index contributed by atoms with van der Waals surface area (Å²) in [6.45, 7) is 2.38. The molecule has 0 atom stereocenters. The molecule has 0 radical (unpaired) electrons. The van der Waals surface area contributed by atoms with Gasteiger partial charge in [0.1, 0.15) is 23.9 Å². The first-order chi connectivity index (χ1) is 14.9. The minimum atomic E-state index is -0.644. The number of halogens is 1. The summed E-state index contributed by atoms with van der Waals surface area (Å²) in [6.07, 6.45) is 4.65. The number of aromatic nitrogens is 2. The first-order valence-corrected chi connectivity index (χ1v) is 9.40. The molecule has 8 nitrogen and oxygen atoms in total. The second-order valence-electron chi connectivity index (χ2n) is 6.46. The molecule has 3 aromatic rings. The van der Waals surface area contributed by atoms with Crippen molar-refractivity contribution in [3.05, 3.63) is 87.5 Å². The van der Waals surface area contributed by atoms with Gasteiger partial charge in [-0.2, -0.15) is 5.10 Å². The fraction of sp³-hybridized carbons (Fsp3) is 0.182. The lowest BCUT2D eigenvalue weighted by Crippen LogP contribution is -2.07. The van der Waals surface area contributed by atoms with Crippen molar-refractivity contribution in [1.82, 2.24) is 9.78 Å². The molecule has 0 saturated carbocycles. The summed E-state index contributed by atoms with van der Waals surface area (Å²) in [4.78, 5) is 22.9.